The first-order chi connectivity index (χ1) is 13.3. The molecule has 3 heterocycles. The van der Waals surface area contributed by atoms with Crippen LogP contribution in [-0.4, -0.2) is 78.6 Å². The predicted molar refractivity (Wildman–Crippen MR) is 105 cm³/mol. The molecule has 0 radical (unpaired) electrons. The molecule has 1 atom stereocenters. The average Bonchev–Trinajstić information content (AvgIpc) is 3.32. The largest absolute Gasteiger partial charge is 0.382 e. The number of nitrogens with zero attached hydrogens (tertiary/aromatic N) is 5. The number of aromatic nitrogens is 3. The number of pyridine rings is 1. The molecular formula is C19H30N6O2. The molecule has 1 saturated heterocycles. The molecule has 8 heteroatoms. The second-order valence-electron chi connectivity index (χ2n) is 6.70. The quantitative estimate of drug-likeness (QED) is 0.404. The molecule has 0 amide bonds. The smallest absolute Gasteiger partial charge is 0.193 e. The predicted octanol–water partition coefficient (Wildman–Crippen LogP) is 1.22. The van der Waals surface area contributed by atoms with Crippen LogP contribution in [0.2, 0.25) is 0 Å². The zero-order chi connectivity index (χ0) is 18.9. The molecule has 0 aliphatic carbocycles. The molecule has 0 spiro atoms. The number of hydrogen-bond donors (Lipinski definition) is 1. The highest BCUT2D eigenvalue weighted by Crippen LogP contribution is 2.16. The number of fused-ring (bicyclic) bond motifs is 1. The molecule has 1 aliphatic rings. The van der Waals surface area contributed by atoms with E-state index in [0.29, 0.717) is 25.7 Å². The molecule has 2 aromatic heterocycles. The Hall–Kier alpha value is -2.19. The van der Waals surface area contributed by atoms with Crippen LogP contribution >= 0.6 is 0 Å². The fourth-order valence-corrected chi connectivity index (χ4v) is 3.30. The summed E-state index contributed by atoms with van der Waals surface area (Å²) in [5.74, 6) is 2.47. The van der Waals surface area contributed by atoms with Crippen molar-refractivity contribution in [3.8, 4) is 0 Å². The second-order valence-corrected chi connectivity index (χ2v) is 6.70. The third-order valence-electron chi connectivity index (χ3n) is 4.69. The fraction of sp³-hybridized carbons (Fsp3) is 0.632. The zero-order valence-electron chi connectivity index (χ0n) is 16.3. The van der Waals surface area contributed by atoms with E-state index in [1.807, 2.05) is 28.8 Å². The minimum absolute atomic E-state index is 0.547. The van der Waals surface area contributed by atoms with Crippen LogP contribution in [0.1, 0.15) is 19.2 Å². The first-order valence-electron chi connectivity index (χ1n) is 9.70. The maximum Gasteiger partial charge on any atom is 0.193 e. The van der Waals surface area contributed by atoms with Crippen molar-refractivity contribution in [1.82, 2.24) is 24.8 Å². The van der Waals surface area contributed by atoms with E-state index in [4.69, 9.17) is 14.5 Å². The van der Waals surface area contributed by atoms with Gasteiger partial charge in [-0.25, -0.2) is 0 Å². The minimum atomic E-state index is 0.547. The van der Waals surface area contributed by atoms with Gasteiger partial charge in [0.1, 0.15) is 5.82 Å². The van der Waals surface area contributed by atoms with Gasteiger partial charge in [-0.1, -0.05) is 6.07 Å². The van der Waals surface area contributed by atoms with Crippen molar-refractivity contribution in [3.05, 3.63) is 30.2 Å². The Morgan fingerprint density at radius 2 is 2.26 bits per heavy atom. The molecule has 3 rings (SSSR count). The molecule has 27 heavy (non-hydrogen) atoms. The number of hydrogen-bond acceptors (Lipinski definition) is 5. The summed E-state index contributed by atoms with van der Waals surface area (Å²) in [5, 5.41) is 11.9. The van der Waals surface area contributed by atoms with E-state index in [2.05, 4.69) is 27.3 Å². The van der Waals surface area contributed by atoms with Crippen molar-refractivity contribution < 1.29 is 9.47 Å². The fourth-order valence-electron chi connectivity index (χ4n) is 3.30. The summed E-state index contributed by atoms with van der Waals surface area (Å²) in [6.45, 7) is 7.73. The molecule has 8 nitrogen and oxygen atoms in total. The van der Waals surface area contributed by atoms with Gasteiger partial charge in [0.25, 0.3) is 0 Å². The molecule has 0 aromatic carbocycles. The van der Waals surface area contributed by atoms with Crippen molar-refractivity contribution in [2.75, 3.05) is 53.1 Å². The Kier molecular flexibility index (Phi) is 7.41. The molecule has 1 N–H and O–H groups in total. The van der Waals surface area contributed by atoms with Crippen LogP contribution in [0, 0.1) is 5.92 Å². The van der Waals surface area contributed by atoms with E-state index in [1.165, 1.54) is 0 Å². The summed E-state index contributed by atoms with van der Waals surface area (Å²) in [4.78, 5) is 7.14. The van der Waals surface area contributed by atoms with Crippen LogP contribution in [0.3, 0.4) is 0 Å². The standard InChI is InChI=1S/C19H30N6O2/c1-3-20-19(24-11-8-16(14-24)15-27-13-12-26-2)21-9-7-18-23-22-17-6-4-5-10-25(17)18/h4-6,10,16H,3,7-9,11-15H2,1-2H3,(H,20,21). The maximum absolute atomic E-state index is 5.69. The Morgan fingerprint density at radius 3 is 3.11 bits per heavy atom. The molecule has 148 valence electrons. The van der Waals surface area contributed by atoms with Crippen LogP contribution in [-0.2, 0) is 15.9 Å². The van der Waals surface area contributed by atoms with E-state index in [0.717, 1.165) is 56.5 Å². The Balaban J connectivity index is 1.52. The first-order valence-corrected chi connectivity index (χ1v) is 9.70. The summed E-state index contributed by atoms with van der Waals surface area (Å²) >= 11 is 0. The Bertz CT molecular complexity index is 732. The van der Waals surface area contributed by atoms with Crippen molar-refractivity contribution in [2.45, 2.75) is 19.8 Å². The maximum atomic E-state index is 5.69. The number of ether oxygens (including phenoxy) is 2. The topological polar surface area (TPSA) is 76.3 Å². The van der Waals surface area contributed by atoms with Crippen LogP contribution < -0.4 is 5.32 Å². The third kappa shape index (κ3) is 5.40. The number of aliphatic imine (C=N–C) groups is 1. The lowest BCUT2D eigenvalue weighted by molar-refractivity contribution is 0.0536. The zero-order valence-corrected chi connectivity index (χ0v) is 16.3. The highest BCUT2D eigenvalue weighted by Gasteiger charge is 2.24. The molecule has 2 aromatic rings. The van der Waals surface area contributed by atoms with Gasteiger partial charge in [0.2, 0.25) is 0 Å². The molecule has 1 aliphatic heterocycles. The number of rotatable bonds is 9. The average molecular weight is 374 g/mol. The molecule has 0 bridgehead atoms. The number of guanidine groups is 1. The number of nitrogens with one attached hydrogen (secondary N) is 1. The van der Waals surface area contributed by atoms with Crippen molar-refractivity contribution in [3.63, 3.8) is 0 Å². The van der Waals surface area contributed by atoms with E-state index in [1.54, 1.807) is 7.11 Å². The Morgan fingerprint density at radius 1 is 1.33 bits per heavy atom. The number of methoxy groups -OCH3 is 1. The lowest BCUT2D eigenvalue weighted by atomic mass is 10.1. The van der Waals surface area contributed by atoms with Crippen LogP contribution in [0.25, 0.3) is 5.65 Å². The van der Waals surface area contributed by atoms with Gasteiger partial charge in [-0.3, -0.25) is 9.39 Å². The molecule has 1 fully saturated rings. The lowest BCUT2D eigenvalue weighted by Gasteiger charge is -2.21. The minimum Gasteiger partial charge on any atom is -0.382 e. The molecule has 1 unspecified atom stereocenters. The summed E-state index contributed by atoms with van der Waals surface area (Å²) < 4.78 is 12.7. The molecular weight excluding hydrogens is 344 g/mol. The van der Waals surface area contributed by atoms with Gasteiger partial charge in [-0.05, 0) is 25.5 Å². The van der Waals surface area contributed by atoms with E-state index in [-0.39, 0.29) is 0 Å². The van der Waals surface area contributed by atoms with E-state index < -0.39 is 0 Å². The SMILES string of the molecule is CCNC(=NCCc1nnc2ccccn12)N1CCC(COCCOC)C1. The van der Waals surface area contributed by atoms with Crippen molar-refractivity contribution in [1.29, 1.82) is 0 Å². The first kappa shape index (κ1) is 19.6. The lowest BCUT2D eigenvalue weighted by Crippen LogP contribution is -2.40. The Labute approximate surface area is 160 Å². The van der Waals surface area contributed by atoms with E-state index in [9.17, 15) is 0 Å². The van der Waals surface area contributed by atoms with Gasteiger partial charge >= 0.3 is 0 Å². The van der Waals surface area contributed by atoms with E-state index >= 15 is 0 Å². The van der Waals surface area contributed by atoms with Gasteiger partial charge < -0.3 is 19.7 Å². The summed E-state index contributed by atoms with van der Waals surface area (Å²) in [5.41, 5.74) is 0.874. The van der Waals surface area contributed by atoms with Gasteiger partial charge in [0, 0.05) is 51.8 Å². The van der Waals surface area contributed by atoms with Crippen molar-refractivity contribution >= 4 is 11.6 Å². The third-order valence-corrected chi connectivity index (χ3v) is 4.69. The summed E-state index contributed by atoms with van der Waals surface area (Å²) in [7, 11) is 1.70. The van der Waals surface area contributed by atoms with Crippen LogP contribution in [0.5, 0.6) is 0 Å². The number of likely N-dealkylation sites (tertiary alicyclic amines) is 1. The summed E-state index contributed by atoms with van der Waals surface area (Å²) in [6.07, 6.45) is 3.89. The van der Waals surface area contributed by atoms with Crippen molar-refractivity contribution in [2.24, 2.45) is 10.9 Å². The normalized spacial score (nSPS) is 17.8. The van der Waals surface area contributed by atoms with Gasteiger partial charge in [0.05, 0.1) is 19.8 Å². The van der Waals surface area contributed by atoms with Gasteiger partial charge in [-0.2, -0.15) is 0 Å². The molecule has 0 saturated carbocycles. The highest BCUT2D eigenvalue weighted by atomic mass is 16.5. The summed E-state index contributed by atoms with van der Waals surface area (Å²) in [6, 6.07) is 5.92. The monoisotopic (exact) mass is 374 g/mol. The van der Waals surface area contributed by atoms with Crippen LogP contribution in [0.4, 0.5) is 0 Å². The second kappa shape index (κ2) is 10.2. The highest BCUT2D eigenvalue weighted by molar-refractivity contribution is 5.80. The van der Waals surface area contributed by atoms with Gasteiger partial charge in [-0.15, -0.1) is 10.2 Å². The van der Waals surface area contributed by atoms with Gasteiger partial charge in [0.15, 0.2) is 11.6 Å². The van der Waals surface area contributed by atoms with Crippen LogP contribution in [0.15, 0.2) is 29.4 Å².